The van der Waals surface area contributed by atoms with E-state index in [1.165, 1.54) is 15.9 Å². The van der Waals surface area contributed by atoms with Crippen LogP contribution in [0.3, 0.4) is 0 Å². The SMILES string of the molecule is CCOC(=O)C1=C(C)N=c2s/c(=C/c3cc(Br)cc(OC)c3OCc3cccc(Cl)c3)c(=O)n2[C@@H]1c1ccc(OC(C)C)c(OC)c1. The van der Waals surface area contributed by atoms with E-state index >= 15 is 0 Å². The van der Waals surface area contributed by atoms with Crippen molar-refractivity contribution in [3.8, 4) is 23.0 Å². The lowest BCUT2D eigenvalue weighted by Gasteiger charge is -2.25. The van der Waals surface area contributed by atoms with Gasteiger partial charge in [-0.05, 0) is 81.3 Å². The van der Waals surface area contributed by atoms with E-state index < -0.39 is 12.0 Å². The number of ether oxygens (including phenoxy) is 5. The standard InChI is InChI=1S/C35H34BrClN2O7S/c1-7-44-34(41)30-20(4)38-35-39(31(30)22-11-12-26(46-19(2)3)27(15-22)42-5)33(40)29(47-35)16-23-14-24(36)17-28(43-6)32(23)45-18-21-9-8-10-25(37)13-21/h8-17,19,31H,7,18H2,1-6H3/b29-16+/t31-/m1/s1. The van der Waals surface area contributed by atoms with E-state index in [2.05, 4.69) is 15.9 Å². The van der Waals surface area contributed by atoms with Crippen LogP contribution in [0.15, 0.2) is 80.1 Å². The number of allylic oxidation sites excluding steroid dienone is 1. The third-order valence-corrected chi connectivity index (χ3v) is 8.89. The van der Waals surface area contributed by atoms with Gasteiger partial charge in [-0.1, -0.05) is 57.1 Å². The van der Waals surface area contributed by atoms with Crippen LogP contribution in [0, 0.1) is 0 Å². The molecule has 1 aliphatic heterocycles. The second-order valence-electron chi connectivity index (χ2n) is 10.8. The van der Waals surface area contributed by atoms with Crippen molar-refractivity contribution in [2.75, 3.05) is 20.8 Å². The van der Waals surface area contributed by atoms with Crippen molar-refractivity contribution in [1.82, 2.24) is 4.57 Å². The highest BCUT2D eigenvalue weighted by Gasteiger charge is 2.34. The maximum absolute atomic E-state index is 14.3. The Balaban J connectivity index is 1.68. The number of hydrogen-bond donors (Lipinski definition) is 0. The van der Waals surface area contributed by atoms with Crippen molar-refractivity contribution in [2.45, 2.75) is 46.4 Å². The Morgan fingerprint density at radius 1 is 1.09 bits per heavy atom. The molecule has 1 aliphatic rings. The molecule has 0 amide bonds. The number of rotatable bonds is 11. The summed E-state index contributed by atoms with van der Waals surface area (Å²) in [4.78, 5) is 32.8. The van der Waals surface area contributed by atoms with Crippen molar-refractivity contribution >= 4 is 50.9 Å². The van der Waals surface area contributed by atoms with Gasteiger partial charge in [-0.15, -0.1) is 0 Å². The molecule has 0 radical (unpaired) electrons. The number of halogens is 2. The number of fused-ring (bicyclic) bond motifs is 1. The van der Waals surface area contributed by atoms with Crippen molar-refractivity contribution < 1.29 is 28.5 Å². The number of hydrogen-bond acceptors (Lipinski definition) is 9. The van der Waals surface area contributed by atoms with Crippen LogP contribution in [0.25, 0.3) is 6.08 Å². The van der Waals surface area contributed by atoms with E-state index in [0.29, 0.717) is 54.2 Å². The molecule has 12 heteroatoms. The van der Waals surface area contributed by atoms with Gasteiger partial charge in [-0.2, -0.15) is 0 Å². The number of methoxy groups -OCH3 is 2. The second-order valence-corrected chi connectivity index (χ2v) is 13.2. The van der Waals surface area contributed by atoms with Crippen molar-refractivity contribution in [3.05, 3.63) is 112 Å². The number of benzene rings is 3. The highest BCUT2D eigenvalue weighted by atomic mass is 79.9. The minimum Gasteiger partial charge on any atom is -0.493 e. The summed E-state index contributed by atoms with van der Waals surface area (Å²) in [5.74, 6) is 1.40. The first-order valence-corrected chi connectivity index (χ1v) is 16.8. The topological polar surface area (TPSA) is 97.6 Å². The number of carbonyl (C=O) groups is 1. The third kappa shape index (κ3) is 7.42. The molecule has 3 aromatic carbocycles. The molecule has 0 saturated heterocycles. The number of thiazole rings is 1. The average molecular weight is 742 g/mol. The summed E-state index contributed by atoms with van der Waals surface area (Å²) in [6.45, 7) is 7.71. The molecule has 1 atom stereocenters. The molecule has 0 saturated carbocycles. The van der Waals surface area contributed by atoms with Gasteiger partial charge in [0, 0.05) is 15.1 Å². The van der Waals surface area contributed by atoms with E-state index in [9.17, 15) is 9.59 Å². The molecule has 0 aliphatic carbocycles. The Hall–Kier alpha value is -4.06. The first-order valence-electron chi connectivity index (χ1n) is 14.8. The highest BCUT2D eigenvalue weighted by molar-refractivity contribution is 9.10. The van der Waals surface area contributed by atoms with Gasteiger partial charge < -0.3 is 23.7 Å². The second kappa shape index (κ2) is 14.8. The van der Waals surface area contributed by atoms with Crippen LogP contribution in [0.4, 0.5) is 0 Å². The van der Waals surface area contributed by atoms with Crippen LogP contribution in [-0.4, -0.2) is 37.5 Å². The number of esters is 1. The summed E-state index contributed by atoms with van der Waals surface area (Å²) in [6.07, 6.45) is 1.66. The lowest BCUT2D eigenvalue weighted by Crippen LogP contribution is -2.40. The van der Waals surface area contributed by atoms with Crippen LogP contribution in [0.2, 0.25) is 5.02 Å². The first kappa shape index (κ1) is 34.3. The molecule has 0 unspecified atom stereocenters. The molecule has 2 heterocycles. The van der Waals surface area contributed by atoms with Crippen LogP contribution in [-0.2, 0) is 16.1 Å². The minimum absolute atomic E-state index is 0.0827. The number of aromatic nitrogens is 1. The Bertz CT molecular complexity index is 2040. The Morgan fingerprint density at radius 2 is 1.85 bits per heavy atom. The zero-order valence-corrected chi connectivity index (χ0v) is 29.9. The fraction of sp³-hybridized carbons (Fsp3) is 0.286. The molecule has 5 rings (SSSR count). The third-order valence-electron chi connectivity index (χ3n) is 7.21. The predicted octanol–water partition coefficient (Wildman–Crippen LogP) is 6.60. The number of carbonyl (C=O) groups excluding carboxylic acids is 1. The van der Waals surface area contributed by atoms with Crippen molar-refractivity contribution in [3.63, 3.8) is 0 Å². The molecule has 0 N–H and O–H groups in total. The van der Waals surface area contributed by atoms with E-state index in [0.717, 1.165) is 10.0 Å². The van der Waals surface area contributed by atoms with Crippen LogP contribution in [0.1, 0.15) is 50.4 Å². The Labute approximate surface area is 289 Å². The fourth-order valence-electron chi connectivity index (χ4n) is 5.24. The van der Waals surface area contributed by atoms with Crippen molar-refractivity contribution in [2.24, 2.45) is 4.99 Å². The Morgan fingerprint density at radius 3 is 2.53 bits per heavy atom. The van der Waals surface area contributed by atoms with E-state index in [-0.39, 0.29) is 30.5 Å². The molecule has 246 valence electrons. The van der Waals surface area contributed by atoms with E-state index in [1.54, 1.807) is 58.4 Å². The summed E-state index contributed by atoms with van der Waals surface area (Å²) < 4.78 is 31.6. The van der Waals surface area contributed by atoms with Gasteiger partial charge in [0.2, 0.25) is 0 Å². The predicted molar refractivity (Wildman–Crippen MR) is 186 cm³/mol. The molecular weight excluding hydrogens is 708 g/mol. The number of nitrogens with zero attached hydrogens (tertiary/aromatic N) is 2. The molecule has 4 aromatic rings. The molecule has 47 heavy (non-hydrogen) atoms. The summed E-state index contributed by atoms with van der Waals surface area (Å²) in [7, 11) is 3.10. The molecular formula is C35H34BrClN2O7S. The Kier molecular flexibility index (Phi) is 10.8. The summed E-state index contributed by atoms with van der Waals surface area (Å²) in [5.41, 5.74) is 2.50. The van der Waals surface area contributed by atoms with E-state index in [4.69, 9.17) is 40.3 Å². The van der Waals surface area contributed by atoms with Gasteiger partial charge >= 0.3 is 5.97 Å². The van der Waals surface area contributed by atoms with Crippen LogP contribution < -0.4 is 33.8 Å². The van der Waals surface area contributed by atoms with Gasteiger partial charge in [0.1, 0.15) is 6.61 Å². The smallest absolute Gasteiger partial charge is 0.338 e. The van der Waals surface area contributed by atoms with Gasteiger partial charge in [0.05, 0.1) is 48.8 Å². The summed E-state index contributed by atoms with van der Waals surface area (Å²) >= 11 is 10.9. The zero-order valence-electron chi connectivity index (χ0n) is 26.8. The quantitative estimate of drug-likeness (QED) is 0.160. The lowest BCUT2D eigenvalue weighted by atomic mass is 9.95. The molecule has 0 bridgehead atoms. The molecule has 1 aromatic heterocycles. The van der Waals surface area contributed by atoms with Gasteiger partial charge in [-0.3, -0.25) is 9.36 Å². The van der Waals surface area contributed by atoms with Crippen LogP contribution >= 0.6 is 38.9 Å². The first-order chi connectivity index (χ1) is 22.5. The van der Waals surface area contributed by atoms with Gasteiger partial charge in [0.15, 0.2) is 27.8 Å². The highest BCUT2D eigenvalue weighted by Crippen LogP contribution is 2.38. The summed E-state index contributed by atoms with van der Waals surface area (Å²) in [5, 5.41) is 0.599. The van der Waals surface area contributed by atoms with Crippen LogP contribution in [0.5, 0.6) is 23.0 Å². The lowest BCUT2D eigenvalue weighted by molar-refractivity contribution is -0.139. The monoisotopic (exact) mass is 740 g/mol. The average Bonchev–Trinajstić information content (AvgIpc) is 3.33. The van der Waals surface area contributed by atoms with Gasteiger partial charge in [0.25, 0.3) is 5.56 Å². The molecule has 9 nitrogen and oxygen atoms in total. The fourth-order valence-corrected chi connectivity index (χ4v) is 6.94. The van der Waals surface area contributed by atoms with Gasteiger partial charge in [-0.25, -0.2) is 9.79 Å². The maximum Gasteiger partial charge on any atom is 0.338 e. The summed E-state index contributed by atoms with van der Waals surface area (Å²) in [6, 6.07) is 15.6. The molecule has 0 spiro atoms. The largest absolute Gasteiger partial charge is 0.493 e. The molecule has 0 fully saturated rings. The zero-order chi connectivity index (χ0) is 33.8. The van der Waals surface area contributed by atoms with E-state index in [1.807, 2.05) is 44.2 Å². The normalized spacial score (nSPS) is 14.5. The maximum atomic E-state index is 14.3. The minimum atomic E-state index is -0.829. The van der Waals surface area contributed by atoms with Crippen molar-refractivity contribution in [1.29, 1.82) is 0 Å².